The van der Waals surface area contributed by atoms with Crippen LogP contribution in [0.5, 0.6) is 0 Å². The van der Waals surface area contributed by atoms with E-state index >= 15 is 0 Å². The molecule has 0 unspecified atom stereocenters. The zero-order chi connectivity index (χ0) is 21.1. The molecule has 4 rings (SSSR count). The molecule has 0 radical (unpaired) electrons. The van der Waals surface area contributed by atoms with Gasteiger partial charge in [0.1, 0.15) is 5.82 Å². The molecule has 4 aromatic rings. The lowest BCUT2D eigenvalue weighted by Gasteiger charge is -2.08. The zero-order valence-electron chi connectivity index (χ0n) is 16.0. The van der Waals surface area contributed by atoms with E-state index in [4.69, 9.17) is 11.6 Å². The number of nitrogens with one attached hydrogen (secondary N) is 1. The van der Waals surface area contributed by atoms with Crippen LogP contribution in [0.2, 0.25) is 5.02 Å². The molecule has 0 aliphatic carbocycles. The van der Waals surface area contributed by atoms with E-state index in [0.29, 0.717) is 38.6 Å². The lowest BCUT2D eigenvalue weighted by atomic mass is 10.2. The minimum absolute atomic E-state index is 0.238. The summed E-state index contributed by atoms with van der Waals surface area (Å²) in [7, 11) is 0. The van der Waals surface area contributed by atoms with Crippen molar-refractivity contribution in [3.8, 4) is 0 Å². The van der Waals surface area contributed by atoms with Gasteiger partial charge in [-0.3, -0.25) is 9.59 Å². The van der Waals surface area contributed by atoms with Crippen molar-refractivity contribution in [1.82, 2.24) is 9.66 Å². The van der Waals surface area contributed by atoms with Gasteiger partial charge in [-0.05, 0) is 48.9 Å². The first kappa shape index (κ1) is 19.5. The minimum atomic E-state index is -0.305. The predicted octanol–water partition coefficient (Wildman–Crippen LogP) is 4.49. The number of nitrogens with zero attached hydrogens (tertiary/aromatic N) is 3. The number of para-hydroxylation sites is 1. The number of carbonyl (C=O) groups excluding carboxylic acids is 1. The molecule has 1 N–H and O–H groups in total. The summed E-state index contributed by atoms with van der Waals surface area (Å²) in [6, 6.07) is 21.1. The Hall–Kier alpha value is -3.77. The number of aryl methyl sites for hydroxylation is 1. The molecule has 148 valence electrons. The van der Waals surface area contributed by atoms with E-state index in [0.717, 1.165) is 0 Å². The SMILES string of the molecule is Cc1nc2ccccc2c(=O)n1/N=C/c1cccc(NC(=O)c2ccccc2Cl)c1. The zero-order valence-corrected chi connectivity index (χ0v) is 16.8. The summed E-state index contributed by atoms with van der Waals surface area (Å²) in [6.45, 7) is 1.73. The molecule has 7 heteroatoms. The number of aromatic nitrogens is 2. The first-order valence-corrected chi connectivity index (χ1v) is 9.59. The van der Waals surface area contributed by atoms with E-state index < -0.39 is 0 Å². The van der Waals surface area contributed by atoms with Gasteiger partial charge >= 0.3 is 0 Å². The number of anilines is 1. The van der Waals surface area contributed by atoms with Crippen LogP contribution in [-0.2, 0) is 0 Å². The van der Waals surface area contributed by atoms with Gasteiger partial charge < -0.3 is 5.32 Å². The smallest absolute Gasteiger partial charge is 0.282 e. The Bertz CT molecular complexity index is 1340. The molecular formula is C23H17ClN4O2. The maximum absolute atomic E-state index is 12.7. The average Bonchev–Trinajstić information content (AvgIpc) is 2.74. The van der Waals surface area contributed by atoms with Crippen molar-refractivity contribution in [3.05, 3.63) is 105 Å². The second kappa shape index (κ2) is 8.31. The molecule has 6 nitrogen and oxygen atoms in total. The van der Waals surface area contributed by atoms with Gasteiger partial charge in [0.05, 0.1) is 27.7 Å². The molecule has 3 aromatic carbocycles. The van der Waals surface area contributed by atoms with Crippen molar-refractivity contribution in [2.45, 2.75) is 6.92 Å². The van der Waals surface area contributed by atoms with Gasteiger partial charge in [-0.1, -0.05) is 48.0 Å². The van der Waals surface area contributed by atoms with Crippen LogP contribution in [0.3, 0.4) is 0 Å². The van der Waals surface area contributed by atoms with E-state index in [1.54, 1.807) is 73.8 Å². The van der Waals surface area contributed by atoms with Crippen LogP contribution in [0.4, 0.5) is 5.69 Å². The lowest BCUT2D eigenvalue weighted by molar-refractivity contribution is 0.102. The van der Waals surface area contributed by atoms with Gasteiger partial charge in [-0.25, -0.2) is 4.98 Å². The van der Waals surface area contributed by atoms with E-state index in [-0.39, 0.29) is 11.5 Å². The summed E-state index contributed by atoms with van der Waals surface area (Å²) in [4.78, 5) is 29.6. The number of hydrogen-bond acceptors (Lipinski definition) is 4. The molecule has 0 aliphatic rings. The molecule has 1 amide bonds. The van der Waals surface area contributed by atoms with Gasteiger partial charge in [-0.15, -0.1) is 0 Å². The van der Waals surface area contributed by atoms with Gasteiger partial charge in [-0.2, -0.15) is 9.78 Å². The number of hydrogen-bond donors (Lipinski definition) is 1. The molecule has 0 atom stereocenters. The van der Waals surface area contributed by atoms with Crippen LogP contribution in [0.25, 0.3) is 10.9 Å². The Labute approximate surface area is 177 Å². The fourth-order valence-electron chi connectivity index (χ4n) is 3.04. The van der Waals surface area contributed by atoms with Gasteiger partial charge in [0.25, 0.3) is 11.5 Å². The molecule has 0 saturated carbocycles. The molecule has 0 saturated heterocycles. The highest BCUT2D eigenvalue weighted by atomic mass is 35.5. The number of rotatable bonds is 4. The molecule has 0 aliphatic heterocycles. The summed E-state index contributed by atoms with van der Waals surface area (Å²) < 4.78 is 1.26. The van der Waals surface area contributed by atoms with Gasteiger partial charge in [0.15, 0.2) is 0 Å². The van der Waals surface area contributed by atoms with Crippen LogP contribution in [0, 0.1) is 6.92 Å². The fourth-order valence-corrected chi connectivity index (χ4v) is 3.26. The van der Waals surface area contributed by atoms with Crippen molar-refractivity contribution in [3.63, 3.8) is 0 Å². The number of benzene rings is 3. The third kappa shape index (κ3) is 3.99. The molecule has 0 spiro atoms. The Morgan fingerprint density at radius 2 is 1.83 bits per heavy atom. The molecule has 30 heavy (non-hydrogen) atoms. The molecule has 1 aromatic heterocycles. The first-order chi connectivity index (χ1) is 14.5. The highest BCUT2D eigenvalue weighted by molar-refractivity contribution is 6.34. The second-order valence-electron chi connectivity index (χ2n) is 6.60. The average molecular weight is 417 g/mol. The second-order valence-corrected chi connectivity index (χ2v) is 7.00. The third-order valence-electron chi connectivity index (χ3n) is 4.50. The van der Waals surface area contributed by atoms with E-state index in [1.807, 2.05) is 12.1 Å². The summed E-state index contributed by atoms with van der Waals surface area (Å²) in [5.41, 5.74) is 2.09. The van der Waals surface area contributed by atoms with Gasteiger partial charge in [0, 0.05) is 5.69 Å². The summed E-state index contributed by atoms with van der Waals surface area (Å²) in [5, 5.41) is 8.00. The predicted molar refractivity (Wildman–Crippen MR) is 120 cm³/mol. The Balaban J connectivity index is 1.60. The Morgan fingerprint density at radius 3 is 2.67 bits per heavy atom. The molecular weight excluding hydrogens is 400 g/mol. The topological polar surface area (TPSA) is 76.3 Å². The summed E-state index contributed by atoms with van der Waals surface area (Å²) in [6.07, 6.45) is 1.55. The Morgan fingerprint density at radius 1 is 1.07 bits per heavy atom. The highest BCUT2D eigenvalue weighted by Gasteiger charge is 2.10. The van der Waals surface area contributed by atoms with Crippen molar-refractivity contribution in [2.24, 2.45) is 5.10 Å². The monoisotopic (exact) mass is 416 g/mol. The molecule has 0 fully saturated rings. The first-order valence-electron chi connectivity index (χ1n) is 9.21. The van der Waals surface area contributed by atoms with Crippen molar-refractivity contribution < 1.29 is 4.79 Å². The lowest BCUT2D eigenvalue weighted by Crippen LogP contribution is -2.20. The number of halogens is 1. The fraction of sp³-hybridized carbons (Fsp3) is 0.0435. The van der Waals surface area contributed by atoms with Crippen LogP contribution in [0.15, 0.2) is 82.7 Å². The van der Waals surface area contributed by atoms with E-state index in [1.165, 1.54) is 4.68 Å². The number of fused-ring (bicyclic) bond motifs is 1. The highest BCUT2D eigenvalue weighted by Crippen LogP contribution is 2.17. The van der Waals surface area contributed by atoms with Crippen molar-refractivity contribution in [2.75, 3.05) is 5.32 Å². The maximum atomic E-state index is 12.7. The summed E-state index contributed by atoms with van der Waals surface area (Å²) >= 11 is 6.08. The van der Waals surface area contributed by atoms with E-state index in [2.05, 4.69) is 15.4 Å². The minimum Gasteiger partial charge on any atom is -0.322 e. The van der Waals surface area contributed by atoms with Crippen LogP contribution >= 0.6 is 11.6 Å². The quantitative estimate of drug-likeness (QED) is 0.498. The number of carbonyl (C=O) groups is 1. The van der Waals surface area contributed by atoms with Crippen LogP contribution < -0.4 is 10.9 Å². The molecule has 1 heterocycles. The third-order valence-corrected chi connectivity index (χ3v) is 4.83. The number of amides is 1. The van der Waals surface area contributed by atoms with Crippen LogP contribution in [0.1, 0.15) is 21.7 Å². The Kier molecular flexibility index (Phi) is 5.41. The van der Waals surface area contributed by atoms with Crippen molar-refractivity contribution >= 4 is 40.3 Å². The maximum Gasteiger partial charge on any atom is 0.282 e. The van der Waals surface area contributed by atoms with Gasteiger partial charge in [0.2, 0.25) is 0 Å². The standard InChI is InChI=1S/C23H17ClN4O2/c1-15-26-21-12-5-3-10-19(21)23(30)28(15)25-14-16-7-6-8-17(13-16)27-22(29)18-9-2-4-11-20(18)24/h2-14H,1H3,(H,27,29)/b25-14+. The van der Waals surface area contributed by atoms with Crippen molar-refractivity contribution in [1.29, 1.82) is 0 Å². The normalized spacial score (nSPS) is 11.1. The molecule has 0 bridgehead atoms. The van der Waals surface area contributed by atoms with Crippen LogP contribution in [-0.4, -0.2) is 21.8 Å². The van der Waals surface area contributed by atoms with E-state index in [9.17, 15) is 9.59 Å². The largest absolute Gasteiger partial charge is 0.322 e. The summed E-state index contributed by atoms with van der Waals surface area (Å²) in [5.74, 6) is 0.179.